The monoisotopic (exact) mass is 324 g/mol. The van der Waals surface area contributed by atoms with Crippen LogP contribution >= 0.6 is 0 Å². The highest BCUT2D eigenvalue weighted by molar-refractivity contribution is 6.04. The highest BCUT2D eigenvalue weighted by Crippen LogP contribution is 2.20. The zero-order valence-electron chi connectivity index (χ0n) is 14.4. The van der Waals surface area contributed by atoms with E-state index in [4.69, 9.17) is 0 Å². The molecule has 0 spiro atoms. The largest absolute Gasteiger partial charge is 0.341 e. The van der Waals surface area contributed by atoms with Crippen LogP contribution in [0.15, 0.2) is 36.5 Å². The molecule has 5 heteroatoms. The van der Waals surface area contributed by atoms with Crippen molar-refractivity contribution >= 4 is 17.5 Å². The van der Waals surface area contributed by atoms with Gasteiger partial charge in [-0.05, 0) is 56.9 Å². The Morgan fingerprint density at radius 3 is 2.71 bits per heavy atom. The molecule has 1 amide bonds. The maximum Gasteiger partial charge on any atom is 0.277 e. The van der Waals surface area contributed by atoms with Crippen LogP contribution in [0.5, 0.6) is 0 Å². The van der Waals surface area contributed by atoms with Gasteiger partial charge in [0.1, 0.15) is 5.69 Å². The quantitative estimate of drug-likeness (QED) is 0.864. The minimum Gasteiger partial charge on any atom is -0.341 e. The molecule has 0 unspecified atom stereocenters. The summed E-state index contributed by atoms with van der Waals surface area (Å²) in [4.78, 5) is 25.8. The lowest BCUT2D eigenvalue weighted by atomic mass is 10.1. The zero-order chi connectivity index (χ0) is 16.9. The summed E-state index contributed by atoms with van der Waals surface area (Å²) in [6.45, 7) is 6.54. The molecule has 3 rings (SSSR count). The van der Waals surface area contributed by atoms with Crippen LogP contribution in [0.4, 0.5) is 11.6 Å². The molecule has 0 saturated carbocycles. The maximum absolute atomic E-state index is 12.9. The summed E-state index contributed by atoms with van der Waals surface area (Å²) in [5.41, 5.74) is 2.49. The predicted octanol–water partition coefficient (Wildman–Crippen LogP) is 3.44. The van der Waals surface area contributed by atoms with Crippen molar-refractivity contribution in [2.75, 3.05) is 29.4 Å². The number of piperidine rings is 1. The SMILES string of the molecule is CCN(C(=O)c1ccnc(N2CCCCC2)n1)c1cccc(C)c1. The molecule has 0 N–H and O–H groups in total. The van der Waals surface area contributed by atoms with Crippen molar-refractivity contribution in [1.29, 1.82) is 0 Å². The fraction of sp³-hybridized carbons (Fsp3) is 0.421. The van der Waals surface area contributed by atoms with Gasteiger partial charge in [0.05, 0.1) is 0 Å². The molecule has 24 heavy (non-hydrogen) atoms. The molecule has 0 aliphatic carbocycles. The third kappa shape index (κ3) is 3.55. The second-order valence-electron chi connectivity index (χ2n) is 6.18. The fourth-order valence-corrected chi connectivity index (χ4v) is 3.09. The lowest BCUT2D eigenvalue weighted by molar-refractivity contribution is 0.0983. The van der Waals surface area contributed by atoms with E-state index in [-0.39, 0.29) is 5.91 Å². The molecule has 0 bridgehead atoms. The molecule has 0 atom stereocenters. The Kier molecular flexibility index (Phi) is 5.08. The first-order valence-electron chi connectivity index (χ1n) is 8.65. The number of nitrogens with zero attached hydrogens (tertiary/aromatic N) is 4. The van der Waals surface area contributed by atoms with Crippen LogP contribution in [0.25, 0.3) is 0 Å². The van der Waals surface area contributed by atoms with Gasteiger partial charge >= 0.3 is 0 Å². The zero-order valence-corrected chi connectivity index (χ0v) is 14.4. The van der Waals surface area contributed by atoms with E-state index in [1.807, 2.05) is 38.1 Å². The topological polar surface area (TPSA) is 49.3 Å². The van der Waals surface area contributed by atoms with Crippen LogP contribution in [-0.4, -0.2) is 35.5 Å². The van der Waals surface area contributed by atoms with E-state index in [9.17, 15) is 4.79 Å². The number of hydrogen-bond acceptors (Lipinski definition) is 4. The van der Waals surface area contributed by atoms with E-state index in [0.29, 0.717) is 18.2 Å². The van der Waals surface area contributed by atoms with Crippen LogP contribution in [0.2, 0.25) is 0 Å². The van der Waals surface area contributed by atoms with Gasteiger partial charge in [0.25, 0.3) is 5.91 Å². The predicted molar refractivity (Wildman–Crippen MR) is 96.6 cm³/mol. The molecule has 1 aromatic heterocycles. The highest BCUT2D eigenvalue weighted by Gasteiger charge is 2.20. The van der Waals surface area contributed by atoms with E-state index in [1.54, 1.807) is 17.2 Å². The van der Waals surface area contributed by atoms with Gasteiger partial charge in [-0.1, -0.05) is 12.1 Å². The van der Waals surface area contributed by atoms with Crippen molar-refractivity contribution in [3.8, 4) is 0 Å². The molecule has 1 aliphatic rings. The normalized spacial score (nSPS) is 14.5. The molecule has 2 aromatic rings. The van der Waals surface area contributed by atoms with Crippen molar-refractivity contribution < 1.29 is 4.79 Å². The van der Waals surface area contributed by atoms with Crippen molar-refractivity contribution in [3.05, 3.63) is 47.8 Å². The standard InChI is InChI=1S/C19H24N4O/c1-3-23(16-9-7-8-15(2)14-16)18(24)17-10-11-20-19(21-17)22-12-5-4-6-13-22/h7-11,14H,3-6,12-13H2,1-2H3. The van der Waals surface area contributed by atoms with Crippen molar-refractivity contribution in [2.45, 2.75) is 33.1 Å². The molecule has 1 aliphatic heterocycles. The third-order valence-electron chi connectivity index (χ3n) is 4.38. The van der Waals surface area contributed by atoms with E-state index in [0.717, 1.165) is 37.2 Å². The van der Waals surface area contributed by atoms with E-state index in [2.05, 4.69) is 14.9 Å². The summed E-state index contributed by atoms with van der Waals surface area (Å²) in [5.74, 6) is 0.588. The number of aryl methyl sites for hydroxylation is 1. The number of carbonyl (C=O) groups is 1. The van der Waals surface area contributed by atoms with Crippen LogP contribution in [0, 0.1) is 6.92 Å². The van der Waals surface area contributed by atoms with Gasteiger partial charge in [0.2, 0.25) is 5.95 Å². The van der Waals surface area contributed by atoms with Crippen LogP contribution in [0.3, 0.4) is 0 Å². The average Bonchev–Trinajstić information content (AvgIpc) is 2.63. The Balaban J connectivity index is 1.85. The third-order valence-corrected chi connectivity index (χ3v) is 4.38. The van der Waals surface area contributed by atoms with E-state index < -0.39 is 0 Å². The first-order chi connectivity index (χ1) is 11.7. The van der Waals surface area contributed by atoms with E-state index >= 15 is 0 Å². The van der Waals surface area contributed by atoms with Gasteiger partial charge in [-0.25, -0.2) is 9.97 Å². The first-order valence-corrected chi connectivity index (χ1v) is 8.65. The van der Waals surface area contributed by atoms with Crippen molar-refractivity contribution in [3.63, 3.8) is 0 Å². The van der Waals surface area contributed by atoms with Crippen LogP contribution in [-0.2, 0) is 0 Å². The molecule has 1 saturated heterocycles. The Labute approximate surface area is 143 Å². The van der Waals surface area contributed by atoms with E-state index in [1.165, 1.54) is 6.42 Å². The fourth-order valence-electron chi connectivity index (χ4n) is 3.09. The molecular formula is C19H24N4O. The number of rotatable bonds is 4. The maximum atomic E-state index is 12.9. The Morgan fingerprint density at radius 2 is 2.00 bits per heavy atom. The molecule has 1 aromatic carbocycles. The molecule has 1 fully saturated rings. The van der Waals surface area contributed by atoms with Crippen molar-refractivity contribution in [2.24, 2.45) is 0 Å². The molecule has 0 radical (unpaired) electrons. The molecule has 126 valence electrons. The summed E-state index contributed by atoms with van der Waals surface area (Å²) < 4.78 is 0. The minimum absolute atomic E-state index is 0.0799. The molecular weight excluding hydrogens is 300 g/mol. The van der Waals surface area contributed by atoms with Crippen LogP contribution in [0.1, 0.15) is 42.2 Å². The van der Waals surface area contributed by atoms with Gasteiger partial charge in [0, 0.05) is 31.5 Å². The summed E-state index contributed by atoms with van der Waals surface area (Å²) in [6, 6.07) is 9.68. The highest BCUT2D eigenvalue weighted by atomic mass is 16.2. The van der Waals surface area contributed by atoms with Crippen LogP contribution < -0.4 is 9.80 Å². The van der Waals surface area contributed by atoms with Gasteiger partial charge in [-0.15, -0.1) is 0 Å². The molecule has 5 nitrogen and oxygen atoms in total. The Hall–Kier alpha value is -2.43. The summed E-state index contributed by atoms with van der Waals surface area (Å²) >= 11 is 0. The minimum atomic E-state index is -0.0799. The number of aromatic nitrogens is 2. The summed E-state index contributed by atoms with van der Waals surface area (Å²) in [6.07, 6.45) is 5.26. The Morgan fingerprint density at radius 1 is 1.21 bits per heavy atom. The van der Waals surface area contributed by atoms with Gasteiger partial charge in [0.15, 0.2) is 0 Å². The summed E-state index contributed by atoms with van der Waals surface area (Å²) in [5, 5.41) is 0. The number of anilines is 2. The molecule has 2 heterocycles. The smallest absolute Gasteiger partial charge is 0.277 e. The van der Waals surface area contributed by atoms with Gasteiger partial charge < -0.3 is 9.80 Å². The first kappa shape index (κ1) is 16.4. The van der Waals surface area contributed by atoms with Gasteiger partial charge in [-0.2, -0.15) is 0 Å². The summed E-state index contributed by atoms with van der Waals surface area (Å²) in [7, 11) is 0. The number of carbonyl (C=O) groups excluding carboxylic acids is 1. The second kappa shape index (κ2) is 7.43. The number of benzene rings is 1. The average molecular weight is 324 g/mol. The lowest BCUT2D eigenvalue weighted by Crippen LogP contribution is -2.34. The lowest BCUT2D eigenvalue weighted by Gasteiger charge is -2.27. The van der Waals surface area contributed by atoms with Gasteiger partial charge in [-0.3, -0.25) is 4.79 Å². The number of hydrogen-bond donors (Lipinski definition) is 0. The van der Waals surface area contributed by atoms with Crippen molar-refractivity contribution in [1.82, 2.24) is 9.97 Å². The number of amides is 1. The Bertz CT molecular complexity index is 710. The second-order valence-corrected chi connectivity index (χ2v) is 6.18.